The van der Waals surface area contributed by atoms with Gasteiger partial charge in [0.1, 0.15) is 16.5 Å². The molecule has 1 saturated heterocycles. The summed E-state index contributed by atoms with van der Waals surface area (Å²) in [6, 6.07) is 13.5. The molecular weight excluding hydrogens is 445 g/mol. The largest absolute Gasteiger partial charge is 0.367 e. The van der Waals surface area contributed by atoms with Crippen molar-refractivity contribution in [2.24, 2.45) is 4.40 Å². The Morgan fingerprint density at radius 2 is 1.79 bits per heavy atom. The van der Waals surface area contributed by atoms with Gasteiger partial charge in [-0.05, 0) is 30.7 Å². The van der Waals surface area contributed by atoms with Crippen LogP contribution < -0.4 is 15.5 Å². The van der Waals surface area contributed by atoms with Crippen LogP contribution in [0.25, 0.3) is 0 Å². The molecule has 2 heterocycles. The number of piperazine rings is 1. The molecule has 1 amide bonds. The van der Waals surface area contributed by atoms with Gasteiger partial charge < -0.3 is 15.5 Å². The zero-order valence-corrected chi connectivity index (χ0v) is 19.2. The highest BCUT2D eigenvalue weighted by Crippen LogP contribution is 2.27. The van der Waals surface area contributed by atoms with Crippen molar-refractivity contribution in [2.45, 2.75) is 24.2 Å². The minimum absolute atomic E-state index is 0.0698. The minimum atomic E-state index is -3.70. The number of anilines is 2. The molecule has 176 valence electrons. The number of amides is 1. The summed E-state index contributed by atoms with van der Waals surface area (Å²) in [6.45, 7) is 4.39. The topological polar surface area (TPSA) is 94.1 Å². The number of carbonyl (C=O) groups excluding carboxylic acids is 1. The van der Waals surface area contributed by atoms with Crippen LogP contribution in [0.3, 0.4) is 0 Å². The average Bonchev–Trinajstić information content (AvgIpc) is 2.80. The summed E-state index contributed by atoms with van der Waals surface area (Å²) in [6.07, 6.45) is 1.17. The molecule has 4 rings (SSSR count). The lowest BCUT2D eigenvalue weighted by Gasteiger charge is -2.36. The highest BCUT2D eigenvalue weighted by atomic mass is 32.2. The number of hydrogen-bond donors (Lipinski definition) is 2. The fraction of sp³-hybridized carbons (Fsp3) is 0.391. The van der Waals surface area contributed by atoms with Crippen molar-refractivity contribution in [3.63, 3.8) is 0 Å². The molecule has 0 saturated carbocycles. The number of amidine groups is 1. The minimum Gasteiger partial charge on any atom is -0.367 e. The summed E-state index contributed by atoms with van der Waals surface area (Å²) in [4.78, 5) is 16.6. The molecule has 0 aromatic heterocycles. The van der Waals surface area contributed by atoms with Gasteiger partial charge >= 0.3 is 0 Å². The molecule has 1 fully saturated rings. The van der Waals surface area contributed by atoms with E-state index in [1.54, 1.807) is 30.3 Å². The number of sulfonamides is 1. The Morgan fingerprint density at radius 3 is 2.58 bits per heavy atom. The van der Waals surface area contributed by atoms with E-state index in [1.807, 2.05) is 11.0 Å². The highest BCUT2D eigenvalue weighted by molar-refractivity contribution is 7.90. The molecule has 0 radical (unpaired) electrons. The monoisotopic (exact) mass is 473 g/mol. The van der Waals surface area contributed by atoms with Crippen LogP contribution in [-0.2, 0) is 14.8 Å². The lowest BCUT2D eigenvalue weighted by molar-refractivity contribution is -0.121. The summed E-state index contributed by atoms with van der Waals surface area (Å²) in [5, 5.41) is 5.96. The SMILES string of the molecule is O=C(CCCC1=NS(=O)(=O)c2ccccc2N1)NCCN1CCN(c2ccccc2F)CC1. The fourth-order valence-electron chi connectivity index (χ4n) is 4.05. The number of nitrogens with one attached hydrogen (secondary N) is 2. The Kier molecular flexibility index (Phi) is 7.24. The van der Waals surface area contributed by atoms with Crippen LogP contribution in [0.15, 0.2) is 57.8 Å². The van der Waals surface area contributed by atoms with Gasteiger partial charge in [0.2, 0.25) is 5.91 Å². The van der Waals surface area contributed by atoms with Gasteiger partial charge in [-0.2, -0.15) is 8.42 Å². The first-order valence-corrected chi connectivity index (χ1v) is 12.5. The fourth-order valence-corrected chi connectivity index (χ4v) is 5.23. The first-order valence-electron chi connectivity index (χ1n) is 11.1. The number of hydrogen-bond acceptors (Lipinski definition) is 6. The summed E-state index contributed by atoms with van der Waals surface area (Å²) < 4.78 is 42.3. The molecule has 2 aliphatic heterocycles. The Morgan fingerprint density at radius 1 is 1.06 bits per heavy atom. The van der Waals surface area contributed by atoms with Gasteiger partial charge in [0.25, 0.3) is 10.0 Å². The zero-order chi connectivity index (χ0) is 23.3. The molecule has 2 aromatic carbocycles. The normalized spacial score (nSPS) is 17.6. The molecule has 2 N–H and O–H groups in total. The van der Waals surface area contributed by atoms with Crippen LogP contribution in [0, 0.1) is 5.82 Å². The quantitative estimate of drug-likeness (QED) is 0.612. The van der Waals surface area contributed by atoms with E-state index >= 15 is 0 Å². The molecule has 0 unspecified atom stereocenters. The maximum absolute atomic E-state index is 13.9. The predicted molar refractivity (Wildman–Crippen MR) is 127 cm³/mol. The van der Waals surface area contributed by atoms with E-state index in [0.29, 0.717) is 43.0 Å². The number of rotatable bonds is 8. The van der Waals surface area contributed by atoms with Gasteiger partial charge in [0.05, 0.1) is 11.4 Å². The third-order valence-corrected chi connectivity index (χ3v) is 7.18. The smallest absolute Gasteiger partial charge is 0.286 e. The summed E-state index contributed by atoms with van der Waals surface area (Å²) >= 11 is 0. The van der Waals surface area contributed by atoms with E-state index in [2.05, 4.69) is 19.9 Å². The van der Waals surface area contributed by atoms with E-state index in [0.717, 1.165) is 32.7 Å². The summed E-state index contributed by atoms with van der Waals surface area (Å²) in [5.41, 5.74) is 1.15. The highest BCUT2D eigenvalue weighted by Gasteiger charge is 2.24. The Balaban J connectivity index is 1.14. The average molecular weight is 474 g/mol. The number of carbonyl (C=O) groups is 1. The van der Waals surface area contributed by atoms with E-state index < -0.39 is 10.0 Å². The number of halogens is 1. The van der Waals surface area contributed by atoms with E-state index in [4.69, 9.17) is 0 Å². The van der Waals surface area contributed by atoms with Crippen molar-refractivity contribution in [2.75, 3.05) is 49.5 Å². The number of fused-ring (bicyclic) bond motifs is 1. The van der Waals surface area contributed by atoms with Crippen molar-refractivity contribution in [1.82, 2.24) is 10.2 Å². The van der Waals surface area contributed by atoms with Crippen LogP contribution in [0.4, 0.5) is 15.8 Å². The van der Waals surface area contributed by atoms with Gasteiger partial charge in [-0.25, -0.2) is 4.39 Å². The van der Waals surface area contributed by atoms with Gasteiger partial charge in [-0.1, -0.05) is 24.3 Å². The van der Waals surface area contributed by atoms with Crippen LogP contribution in [0.2, 0.25) is 0 Å². The first-order chi connectivity index (χ1) is 15.9. The predicted octanol–water partition coefficient (Wildman–Crippen LogP) is 2.45. The molecular formula is C23H28FN5O3S. The van der Waals surface area contributed by atoms with Crippen molar-refractivity contribution < 1.29 is 17.6 Å². The van der Waals surface area contributed by atoms with E-state index in [-0.39, 0.29) is 16.6 Å². The second kappa shape index (κ2) is 10.3. The summed E-state index contributed by atoms with van der Waals surface area (Å²) in [7, 11) is -3.70. The number of nitrogens with zero attached hydrogens (tertiary/aromatic N) is 3. The molecule has 0 spiro atoms. The van der Waals surface area contributed by atoms with Crippen molar-refractivity contribution >= 4 is 33.1 Å². The molecule has 10 heteroatoms. The molecule has 33 heavy (non-hydrogen) atoms. The standard InChI is InChI=1S/C23H28FN5O3S/c24-18-6-1-3-8-20(18)29-16-14-28(15-17-29)13-12-25-23(30)11-5-10-22-26-19-7-2-4-9-21(19)33(31,32)27-22/h1-4,6-9H,5,10-17H2,(H,25,30)(H,26,27). The molecule has 0 atom stereocenters. The zero-order valence-electron chi connectivity index (χ0n) is 18.3. The van der Waals surface area contributed by atoms with Crippen molar-refractivity contribution in [3.05, 3.63) is 54.3 Å². The third kappa shape index (κ3) is 5.88. The summed E-state index contributed by atoms with van der Waals surface area (Å²) in [5.74, 6) is 0.0864. The van der Waals surface area contributed by atoms with Gasteiger partial charge in [0.15, 0.2) is 0 Å². The van der Waals surface area contributed by atoms with Crippen molar-refractivity contribution in [3.8, 4) is 0 Å². The van der Waals surface area contributed by atoms with Gasteiger partial charge in [0, 0.05) is 52.1 Å². The van der Waals surface area contributed by atoms with Crippen LogP contribution in [0.1, 0.15) is 19.3 Å². The molecule has 2 aliphatic rings. The molecule has 0 aliphatic carbocycles. The van der Waals surface area contributed by atoms with Crippen molar-refractivity contribution in [1.29, 1.82) is 0 Å². The Hall–Kier alpha value is -2.98. The second-order valence-electron chi connectivity index (χ2n) is 8.12. The van der Waals surface area contributed by atoms with Crippen LogP contribution in [-0.4, -0.2) is 64.3 Å². The van der Waals surface area contributed by atoms with Gasteiger partial charge in [-0.3, -0.25) is 9.69 Å². The number of para-hydroxylation sites is 2. The Bertz CT molecular complexity index is 1130. The van der Waals surface area contributed by atoms with Gasteiger partial charge in [-0.15, -0.1) is 4.40 Å². The third-order valence-electron chi connectivity index (χ3n) is 5.81. The maximum atomic E-state index is 13.9. The van der Waals surface area contributed by atoms with Crippen LogP contribution in [0.5, 0.6) is 0 Å². The van der Waals surface area contributed by atoms with E-state index in [1.165, 1.54) is 12.1 Å². The molecule has 8 nitrogen and oxygen atoms in total. The van der Waals surface area contributed by atoms with E-state index in [9.17, 15) is 17.6 Å². The first kappa shape index (κ1) is 23.2. The molecule has 2 aromatic rings. The van der Waals surface area contributed by atoms with Crippen LogP contribution >= 0.6 is 0 Å². The second-order valence-corrected chi connectivity index (χ2v) is 9.69. The lowest BCUT2D eigenvalue weighted by atomic mass is 10.2. The molecule has 0 bridgehead atoms. The maximum Gasteiger partial charge on any atom is 0.286 e. The number of benzene rings is 2. The Labute approximate surface area is 193 Å². The lowest BCUT2D eigenvalue weighted by Crippen LogP contribution is -2.48.